The molecule has 2 atom stereocenters. The van der Waals surface area contributed by atoms with E-state index in [2.05, 4.69) is 28.9 Å². The number of ether oxygens (including phenoxy) is 1. The van der Waals surface area contributed by atoms with Crippen molar-refractivity contribution in [2.75, 3.05) is 0 Å². The molecule has 16 heavy (non-hydrogen) atoms. The Bertz CT molecular complexity index is 367. The number of hydrogen-bond acceptors (Lipinski definition) is 2. The Balaban J connectivity index is 2.14. The van der Waals surface area contributed by atoms with Crippen LogP contribution in [0.1, 0.15) is 44.2 Å². The van der Waals surface area contributed by atoms with Gasteiger partial charge in [-0.05, 0) is 18.6 Å². The Morgan fingerprint density at radius 1 is 1.50 bits per heavy atom. The van der Waals surface area contributed by atoms with E-state index in [-0.39, 0.29) is 12.1 Å². The van der Waals surface area contributed by atoms with Gasteiger partial charge < -0.3 is 10.5 Å². The molecular formula is C13H18BrNO. The van der Waals surface area contributed by atoms with E-state index in [9.17, 15) is 0 Å². The molecule has 0 amide bonds. The van der Waals surface area contributed by atoms with Gasteiger partial charge >= 0.3 is 0 Å². The summed E-state index contributed by atoms with van der Waals surface area (Å²) in [6, 6.07) is 6.22. The molecule has 0 aromatic heterocycles. The predicted octanol–water partition coefficient (Wildman–Crippen LogP) is 3.79. The van der Waals surface area contributed by atoms with Crippen LogP contribution in [0.25, 0.3) is 0 Å². The van der Waals surface area contributed by atoms with E-state index >= 15 is 0 Å². The van der Waals surface area contributed by atoms with Crippen molar-refractivity contribution >= 4 is 15.9 Å². The second-order valence-corrected chi connectivity index (χ2v) is 5.32. The van der Waals surface area contributed by atoms with Gasteiger partial charge in [0.2, 0.25) is 0 Å². The first-order valence-corrected chi connectivity index (χ1v) is 6.71. The smallest absolute Gasteiger partial charge is 0.125 e. The van der Waals surface area contributed by atoms with Crippen LogP contribution in [0, 0.1) is 0 Å². The SMILES string of the molecule is CCCCC1C[C@@H](N)c2ccc(Br)cc2O1. The van der Waals surface area contributed by atoms with Gasteiger partial charge in [0.25, 0.3) is 0 Å². The summed E-state index contributed by atoms with van der Waals surface area (Å²) in [5.74, 6) is 0.953. The first-order valence-electron chi connectivity index (χ1n) is 5.92. The van der Waals surface area contributed by atoms with E-state index in [1.807, 2.05) is 12.1 Å². The zero-order chi connectivity index (χ0) is 11.5. The molecule has 0 bridgehead atoms. The van der Waals surface area contributed by atoms with Crippen LogP contribution >= 0.6 is 15.9 Å². The van der Waals surface area contributed by atoms with E-state index in [0.29, 0.717) is 0 Å². The second kappa shape index (κ2) is 5.19. The molecule has 2 nitrogen and oxygen atoms in total. The molecule has 3 heteroatoms. The Hall–Kier alpha value is -0.540. The molecule has 1 unspecified atom stereocenters. The van der Waals surface area contributed by atoms with E-state index in [1.165, 1.54) is 12.8 Å². The lowest BCUT2D eigenvalue weighted by Gasteiger charge is -2.30. The van der Waals surface area contributed by atoms with Gasteiger partial charge in [-0.15, -0.1) is 0 Å². The molecule has 0 radical (unpaired) electrons. The lowest BCUT2D eigenvalue weighted by Crippen LogP contribution is -2.29. The summed E-state index contributed by atoms with van der Waals surface area (Å²) in [6.07, 6.45) is 4.75. The number of benzene rings is 1. The van der Waals surface area contributed by atoms with Crippen LogP contribution in [0.2, 0.25) is 0 Å². The van der Waals surface area contributed by atoms with Crippen LogP contribution in [0.3, 0.4) is 0 Å². The molecule has 1 aliphatic rings. The molecule has 1 aliphatic heterocycles. The summed E-state index contributed by atoms with van der Waals surface area (Å²) in [6.45, 7) is 2.20. The summed E-state index contributed by atoms with van der Waals surface area (Å²) in [5.41, 5.74) is 7.30. The molecule has 1 aromatic rings. The molecular weight excluding hydrogens is 266 g/mol. The summed E-state index contributed by atoms with van der Waals surface area (Å²) in [5, 5.41) is 0. The predicted molar refractivity (Wildman–Crippen MR) is 69.6 cm³/mol. The molecule has 0 spiro atoms. The first-order chi connectivity index (χ1) is 7.70. The van der Waals surface area contributed by atoms with Gasteiger partial charge in [-0.1, -0.05) is 41.8 Å². The Kier molecular flexibility index (Phi) is 3.87. The highest BCUT2D eigenvalue weighted by atomic mass is 79.9. The minimum atomic E-state index is 0.124. The molecule has 1 aromatic carbocycles. The first kappa shape index (κ1) is 11.9. The third kappa shape index (κ3) is 2.58. The highest BCUT2D eigenvalue weighted by Gasteiger charge is 2.25. The van der Waals surface area contributed by atoms with Gasteiger partial charge in [-0.3, -0.25) is 0 Å². The molecule has 0 saturated carbocycles. The molecule has 1 heterocycles. The number of fused-ring (bicyclic) bond motifs is 1. The van der Waals surface area contributed by atoms with E-state index in [4.69, 9.17) is 10.5 Å². The number of nitrogens with two attached hydrogens (primary N) is 1. The summed E-state index contributed by atoms with van der Waals surface area (Å²) in [4.78, 5) is 0. The van der Waals surface area contributed by atoms with Gasteiger partial charge in [0.1, 0.15) is 11.9 Å². The number of rotatable bonds is 3. The summed E-state index contributed by atoms with van der Waals surface area (Å²) >= 11 is 3.46. The van der Waals surface area contributed by atoms with Crippen LogP contribution in [0.15, 0.2) is 22.7 Å². The maximum atomic E-state index is 6.16. The quantitative estimate of drug-likeness (QED) is 0.916. The average molecular weight is 284 g/mol. The van der Waals surface area contributed by atoms with Crippen LogP contribution in [-0.4, -0.2) is 6.10 Å². The zero-order valence-electron chi connectivity index (χ0n) is 9.58. The lowest BCUT2D eigenvalue weighted by molar-refractivity contribution is 0.147. The summed E-state index contributed by atoms with van der Waals surface area (Å²) < 4.78 is 7.03. The van der Waals surface area contributed by atoms with E-state index < -0.39 is 0 Å². The van der Waals surface area contributed by atoms with Crippen molar-refractivity contribution in [2.45, 2.75) is 44.8 Å². The standard InChI is InChI=1S/C13H18BrNO/c1-2-3-4-10-8-12(15)11-6-5-9(14)7-13(11)16-10/h5-7,10,12H,2-4,8,15H2,1H3/t10?,12-/m1/s1. The van der Waals surface area contributed by atoms with Gasteiger partial charge in [-0.2, -0.15) is 0 Å². The largest absolute Gasteiger partial charge is 0.490 e. The Morgan fingerprint density at radius 3 is 3.06 bits per heavy atom. The second-order valence-electron chi connectivity index (χ2n) is 4.41. The monoisotopic (exact) mass is 283 g/mol. The van der Waals surface area contributed by atoms with Gasteiger partial charge in [0.05, 0.1) is 0 Å². The highest BCUT2D eigenvalue weighted by molar-refractivity contribution is 9.10. The van der Waals surface area contributed by atoms with Crippen LogP contribution < -0.4 is 10.5 Å². The minimum Gasteiger partial charge on any atom is -0.490 e. The van der Waals surface area contributed by atoms with Gasteiger partial charge in [0, 0.05) is 22.5 Å². The zero-order valence-corrected chi connectivity index (χ0v) is 11.2. The van der Waals surface area contributed by atoms with Crippen LogP contribution in [0.4, 0.5) is 0 Å². The van der Waals surface area contributed by atoms with Gasteiger partial charge in [0.15, 0.2) is 0 Å². The maximum absolute atomic E-state index is 6.16. The maximum Gasteiger partial charge on any atom is 0.125 e. The number of unbranched alkanes of at least 4 members (excludes halogenated alkanes) is 1. The fourth-order valence-electron chi connectivity index (χ4n) is 2.16. The molecule has 0 aliphatic carbocycles. The fraction of sp³-hybridized carbons (Fsp3) is 0.538. The van der Waals surface area contributed by atoms with Crippen LogP contribution in [0.5, 0.6) is 5.75 Å². The highest BCUT2D eigenvalue weighted by Crippen LogP contribution is 2.36. The fourth-order valence-corrected chi connectivity index (χ4v) is 2.50. The number of halogens is 1. The molecule has 0 fully saturated rings. The van der Waals surface area contributed by atoms with Crippen molar-refractivity contribution in [1.82, 2.24) is 0 Å². The average Bonchev–Trinajstić information content (AvgIpc) is 2.25. The molecule has 2 rings (SSSR count). The molecule has 88 valence electrons. The van der Waals surface area contributed by atoms with Crippen molar-refractivity contribution in [3.8, 4) is 5.75 Å². The third-order valence-corrected chi connectivity index (χ3v) is 3.56. The van der Waals surface area contributed by atoms with E-state index in [0.717, 1.165) is 28.6 Å². The van der Waals surface area contributed by atoms with Crippen molar-refractivity contribution < 1.29 is 4.74 Å². The third-order valence-electron chi connectivity index (χ3n) is 3.07. The minimum absolute atomic E-state index is 0.124. The summed E-state index contributed by atoms with van der Waals surface area (Å²) in [7, 11) is 0. The van der Waals surface area contributed by atoms with Gasteiger partial charge in [-0.25, -0.2) is 0 Å². The normalized spacial score (nSPS) is 23.7. The molecule has 0 saturated heterocycles. The topological polar surface area (TPSA) is 35.2 Å². The number of hydrogen-bond donors (Lipinski definition) is 1. The van der Waals surface area contributed by atoms with Crippen molar-refractivity contribution in [2.24, 2.45) is 5.73 Å². The van der Waals surface area contributed by atoms with Crippen molar-refractivity contribution in [3.05, 3.63) is 28.2 Å². The Labute approximate surface area is 105 Å². The van der Waals surface area contributed by atoms with Crippen molar-refractivity contribution in [3.63, 3.8) is 0 Å². The lowest BCUT2D eigenvalue weighted by atomic mass is 9.95. The Morgan fingerprint density at radius 2 is 2.31 bits per heavy atom. The molecule has 2 N–H and O–H groups in total. The van der Waals surface area contributed by atoms with Crippen molar-refractivity contribution in [1.29, 1.82) is 0 Å². The van der Waals surface area contributed by atoms with Crippen LogP contribution in [-0.2, 0) is 0 Å². The van der Waals surface area contributed by atoms with E-state index in [1.54, 1.807) is 0 Å².